The zero-order valence-corrected chi connectivity index (χ0v) is 12.4. The van der Waals surface area contributed by atoms with Gasteiger partial charge < -0.3 is 4.74 Å². The van der Waals surface area contributed by atoms with Crippen LogP contribution < -0.4 is 4.74 Å². The van der Waals surface area contributed by atoms with Crippen LogP contribution in [0.15, 0.2) is 35.4 Å². The zero-order chi connectivity index (χ0) is 15.6. The molecule has 1 aliphatic carbocycles. The van der Waals surface area contributed by atoms with Gasteiger partial charge in [-0.2, -0.15) is 5.26 Å². The quantitative estimate of drug-likeness (QED) is 0.484. The minimum absolute atomic E-state index is 0.180. The van der Waals surface area contributed by atoms with Gasteiger partial charge >= 0.3 is 5.54 Å². The summed E-state index contributed by atoms with van der Waals surface area (Å²) in [6.07, 6.45) is 0.714. The van der Waals surface area contributed by atoms with Crippen LogP contribution in [0.5, 0.6) is 5.75 Å². The number of rotatable bonds is 3. The minimum Gasteiger partial charge on any atom is -0.497 e. The summed E-state index contributed by atoms with van der Waals surface area (Å²) in [5.74, 6) is 0.258. The van der Waals surface area contributed by atoms with Crippen LogP contribution in [-0.4, -0.2) is 17.6 Å². The van der Waals surface area contributed by atoms with E-state index in [2.05, 4.69) is 0 Å². The molecule has 0 fully saturated rings. The Hall–Kier alpha value is -2.35. The highest BCUT2D eigenvalue weighted by atomic mass is 16.6. The Bertz CT molecular complexity index is 628. The maximum absolute atomic E-state index is 11.6. The van der Waals surface area contributed by atoms with Gasteiger partial charge in [0.1, 0.15) is 11.8 Å². The second-order valence-corrected chi connectivity index (χ2v) is 5.56. The minimum atomic E-state index is -1.59. The van der Waals surface area contributed by atoms with Crippen molar-refractivity contribution in [1.29, 1.82) is 5.26 Å². The van der Waals surface area contributed by atoms with Crippen LogP contribution in [0.25, 0.3) is 0 Å². The fraction of sp³-hybridized carbons (Fsp3) is 0.438. The Morgan fingerprint density at radius 1 is 1.33 bits per heavy atom. The molecule has 0 spiro atoms. The maximum atomic E-state index is 11.6. The average Bonchev–Trinajstić information content (AvgIpc) is 2.49. The van der Waals surface area contributed by atoms with Gasteiger partial charge in [-0.05, 0) is 38.0 Å². The maximum Gasteiger partial charge on any atom is 0.316 e. The first-order chi connectivity index (χ1) is 9.94. The van der Waals surface area contributed by atoms with E-state index < -0.39 is 16.4 Å². The molecule has 0 aromatic heterocycles. The van der Waals surface area contributed by atoms with Crippen LogP contribution in [0.2, 0.25) is 0 Å². The molecule has 0 heterocycles. The Kier molecular flexibility index (Phi) is 3.99. The van der Waals surface area contributed by atoms with Gasteiger partial charge in [0.25, 0.3) is 0 Å². The van der Waals surface area contributed by atoms with Crippen LogP contribution in [0.4, 0.5) is 0 Å². The molecule has 2 unspecified atom stereocenters. The Morgan fingerprint density at radius 2 is 1.95 bits per heavy atom. The number of benzene rings is 1. The predicted molar refractivity (Wildman–Crippen MR) is 78.7 cm³/mol. The van der Waals surface area contributed by atoms with E-state index in [0.29, 0.717) is 12.2 Å². The zero-order valence-electron chi connectivity index (χ0n) is 12.4. The summed E-state index contributed by atoms with van der Waals surface area (Å²) in [4.78, 5) is 11.2. The van der Waals surface area contributed by atoms with Gasteiger partial charge in [-0.1, -0.05) is 23.3 Å². The first-order valence-electron chi connectivity index (χ1n) is 6.79. The summed E-state index contributed by atoms with van der Waals surface area (Å²) in [5, 5.41) is 21.1. The second kappa shape index (κ2) is 5.57. The van der Waals surface area contributed by atoms with Crippen molar-refractivity contribution in [2.75, 3.05) is 7.11 Å². The SMILES string of the molecule is COc1ccc(C2CC(C)=C(C)CC2(C#N)[N+](=O)[O-])cc1. The largest absolute Gasteiger partial charge is 0.497 e. The Morgan fingerprint density at radius 3 is 2.43 bits per heavy atom. The molecule has 0 aliphatic heterocycles. The van der Waals surface area contributed by atoms with Gasteiger partial charge in [-0.3, -0.25) is 10.1 Å². The van der Waals surface area contributed by atoms with Crippen LogP contribution in [0, 0.1) is 21.4 Å². The molecular weight excluding hydrogens is 268 g/mol. The fourth-order valence-electron chi connectivity index (χ4n) is 2.91. The van der Waals surface area contributed by atoms with Crippen molar-refractivity contribution in [3.8, 4) is 11.8 Å². The lowest BCUT2D eigenvalue weighted by molar-refractivity contribution is -0.557. The van der Waals surface area contributed by atoms with E-state index in [0.717, 1.165) is 16.7 Å². The standard InChI is InChI=1S/C16H18N2O3/c1-11-8-15(13-4-6-14(21-3)7-5-13)16(10-17,18(19)20)9-12(11)2/h4-7,15H,8-9H2,1-3H3. The molecule has 2 rings (SSSR count). The smallest absolute Gasteiger partial charge is 0.316 e. The lowest BCUT2D eigenvalue weighted by atomic mass is 9.69. The van der Waals surface area contributed by atoms with Crippen LogP contribution in [-0.2, 0) is 0 Å². The number of ether oxygens (including phenoxy) is 1. The molecule has 2 atom stereocenters. The van der Waals surface area contributed by atoms with Crippen molar-refractivity contribution in [2.24, 2.45) is 0 Å². The Labute approximate surface area is 124 Å². The lowest BCUT2D eigenvalue weighted by Gasteiger charge is -2.33. The van der Waals surface area contributed by atoms with E-state index in [1.165, 1.54) is 0 Å². The molecule has 5 nitrogen and oxygen atoms in total. The van der Waals surface area contributed by atoms with E-state index in [1.54, 1.807) is 19.2 Å². The predicted octanol–water partition coefficient (Wildman–Crippen LogP) is 3.45. The number of allylic oxidation sites excluding steroid dienone is 1. The number of nitro groups is 1. The molecule has 1 aliphatic rings. The van der Waals surface area contributed by atoms with Gasteiger partial charge in [0.15, 0.2) is 0 Å². The molecule has 0 bridgehead atoms. The topological polar surface area (TPSA) is 76.2 Å². The first-order valence-corrected chi connectivity index (χ1v) is 6.79. The summed E-state index contributed by atoms with van der Waals surface area (Å²) in [5.41, 5.74) is 1.29. The van der Waals surface area contributed by atoms with E-state index in [-0.39, 0.29) is 6.42 Å². The molecule has 1 aromatic rings. The van der Waals surface area contributed by atoms with Gasteiger partial charge in [0, 0.05) is 4.92 Å². The monoisotopic (exact) mass is 286 g/mol. The number of methoxy groups -OCH3 is 1. The molecule has 1 aromatic carbocycles. The molecular formula is C16H18N2O3. The average molecular weight is 286 g/mol. The normalized spacial score (nSPS) is 25.3. The molecule has 0 saturated heterocycles. The molecule has 0 radical (unpaired) electrons. The number of nitriles is 1. The molecule has 21 heavy (non-hydrogen) atoms. The van der Waals surface area contributed by atoms with Crippen molar-refractivity contribution in [1.82, 2.24) is 0 Å². The lowest BCUT2D eigenvalue weighted by Crippen LogP contribution is -2.45. The van der Waals surface area contributed by atoms with Gasteiger partial charge in [0.2, 0.25) is 0 Å². The van der Waals surface area contributed by atoms with Crippen LogP contribution in [0.3, 0.4) is 0 Å². The van der Waals surface area contributed by atoms with E-state index in [9.17, 15) is 15.4 Å². The van der Waals surface area contributed by atoms with Gasteiger partial charge in [0.05, 0.1) is 19.4 Å². The molecule has 0 amide bonds. The first kappa shape index (κ1) is 15.0. The molecule has 0 saturated carbocycles. The van der Waals surface area contributed by atoms with E-state index in [1.807, 2.05) is 32.0 Å². The fourth-order valence-corrected chi connectivity index (χ4v) is 2.91. The van der Waals surface area contributed by atoms with Crippen LogP contribution in [0.1, 0.15) is 38.2 Å². The van der Waals surface area contributed by atoms with E-state index in [4.69, 9.17) is 4.74 Å². The summed E-state index contributed by atoms with van der Waals surface area (Å²) in [7, 11) is 1.57. The molecule has 5 heteroatoms. The third-order valence-corrected chi connectivity index (χ3v) is 4.39. The van der Waals surface area contributed by atoms with Crippen LogP contribution >= 0.6 is 0 Å². The second-order valence-electron chi connectivity index (χ2n) is 5.56. The van der Waals surface area contributed by atoms with Gasteiger partial charge in [-0.15, -0.1) is 0 Å². The Balaban J connectivity index is 2.51. The summed E-state index contributed by atoms with van der Waals surface area (Å²) in [6.45, 7) is 3.85. The number of hydrogen-bond acceptors (Lipinski definition) is 4. The molecule has 0 N–H and O–H groups in total. The summed E-state index contributed by atoms with van der Waals surface area (Å²) >= 11 is 0. The third kappa shape index (κ3) is 2.49. The summed E-state index contributed by atoms with van der Waals surface area (Å²) < 4.78 is 5.11. The summed E-state index contributed by atoms with van der Waals surface area (Å²) in [6, 6.07) is 9.16. The third-order valence-electron chi connectivity index (χ3n) is 4.39. The van der Waals surface area contributed by atoms with E-state index >= 15 is 0 Å². The highest BCUT2D eigenvalue weighted by Gasteiger charge is 2.54. The van der Waals surface area contributed by atoms with Crippen molar-refractivity contribution in [3.05, 3.63) is 51.1 Å². The number of hydrogen-bond donors (Lipinski definition) is 0. The van der Waals surface area contributed by atoms with Crippen molar-refractivity contribution < 1.29 is 9.66 Å². The van der Waals surface area contributed by atoms with Crippen molar-refractivity contribution in [3.63, 3.8) is 0 Å². The molecule has 110 valence electrons. The highest BCUT2D eigenvalue weighted by Crippen LogP contribution is 2.45. The van der Waals surface area contributed by atoms with Crippen molar-refractivity contribution in [2.45, 2.75) is 38.1 Å². The van der Waals surface area contributed by atoms with Crippen molar-refractivity contribution >= 4 is 0 Å². The van der Waals surface area contributed by atoms with Gasteiger partial charge in [-0.25, -0.2) is 0 Å². The highest BCUT2D eigenvalue weighted by molar-refractivity contribution is 5.37. The number of nitrogens with zero attached hydrogens (tertiary/aromatic N) is 2.